The second kappa shape index (κ2) is 7.60. The van der Waals surface area contributed by atoms with E-state index in [1.165, 1.54) is 0 Å². The fraction of sp³-hybridized carbons (Fsp3) is 0.391. The van der Waals surface area contributed by atoms with Gasteiger partial charge in [0, 0.05) is 31.2 Å². The number of likely N-dealkylation sites (tertiary alicyclic amines) is 1. The van der Waals surface area contributed by atoms with Crippen LogP contribution in [-0.4, -0.2) is 42.3 Å². The average molecular weight is 424 g/mol. The summed E-state index contributed by atoms with van der Waals surface area (Å²) >= 11 is 6.16. The molecule has 0 aromatic heterocycles. The van der Waals surface area contributed by atoms with Gasteiger partial charge in [0.2, 0.25) is 5.91 Å². The van der Waals surface area contributed by atoms with E-state index in [0.29, 0.717) is 19.5 Å². The Kier molecular flexibility index (Phi) is 4.91. The van der Waals surface area contributed by atoms with Gasteiger partial charge in [-0.3, -0.25) is 4.79 Å². The largest absolute Gasteiger partial charge is 0.371 e. The summed E-state index contributed by atoms with van der Waals surface area (Å²) in [6, 6.07) is 12.2. The molecule has 0 saturated carbocycles. The van der Waals surface area contributed by atoms with Crippen molar-refractivity contribution in [2.24, 2.45) is 4.99 Å². The molecule has 1 fully saturated rings. The number of rotatable bonds is 2. The number of nitrogens with one attached hydrogen (secondary N) is 3. The van der Waals surface area contributed by atoms with E-state index < -0.39 is 0 Å². The number of nitrogens with zero attached hydrogens (tertiary/aromatic N) is 2. The third-order valence-corrected chi connectivity index (χ3v) is 6.63. The molecule has 2 aromatic carbocycles. The second-order valence-electron chi connectivity index (χ2n) is 8.55. The van der Waals surface area contributed by atoms with Gasteiger partial charge in [-0.25, -0.2) is 4.99 Å². The number of halogens is 1. The van der Waals surface area contributed by atoms with E-state index in [-0.39, 0.29) is 11.4 Å². The van der Waals surface area contributed by atoms with E-state index >= 15 is 0 Å². The number of hydrogen-bond donors (Lipinski definition) is 3. The van der Waals surface area contributed by atoms with Gasteiger partial charge >= 0.3 is 0 Å². The number of carbonyl (C=O) groups excluding carboxylic acids is 1. The quantitative estimate of drug-likeness (QED) is 0.693. The van der Waals surface area contributed by atoms with Crippen LogP contribution in [0.15, 0.2) is 41.4 Å². The van der Waals surface area contributed by atoms with Crippen molar-refractivity contribution >= 4 is 34.7 Å². The minimum absolute atomic E-state index is 0.0830. The molecule has 1 spiro atoms. The van der Waals surface area contributed by atoms with Crippen LogP contribution in [-0.2, 0) is 24.3 Å². The fourth-order valence-corrected chi connectivity index (χ4v) is 4.79. The van der Waals surface area contributed by atoms with Crippen molar-refractivity contribution in [1.29, 1.82) is 0 Å². The highest BCUT2D eigenvalue weighted by molar-refractivity contribution is 6.30. The molecular formula is C23H26ClN5O. The van der Waals surface area contributed by atoms with Crippen molar-refractivity contribution in [2.75, 3.05) is 25.5 Å². The van der Waals surface area contributed by atoms with Crippen LogP contribution in [0.2, 0.25) is 5.02 Å². The summed E-state index contributed by atoms with van der Waals surface area (Å²) < 4.78 is 0. The van der Waals surface area contributed by atoms with Crippen LogP contribution < -0.4 is 16.0 Å². The first-order valence-electron chi connectivity index (χ1n) is 10.5. The highest BCUT2D eigenvalue weighted by Crippen LogP contribution is 2.40. The van der Waals surface area contributed by atoms with Gasteiger partial charge in [-0.15, -0.1) is 0 Å². The van der Waals surface area contributed by atoms with Crippen molar-refractivity contribution in [2.45, 2.75) is 37.9 Å². The molecule has 3 aliphatic rings. The number of carbonyl (C=O) groups is 1. The number of piperidine rings is 1. The summed E-state index contributed by atoms with van der Waals surface area (Å²) in [4.78, 5) is 19.3. The molecular weight excluding hydrogens is 398 g/mol. The molecule has 3 aliphatic heterocycles. The van der Waals surface area contributed by atoms with Crippen molar-refractivity contribution in [3.05, 3.63) is 58.1 Å². The molecule has 2 aromatic rings. The predicted molar refractivity (Wildman–Crippen MR) is 120 cm³/mol. The summed E-state index contributed by atoms with van der Waals surface area (Å²) in [5.74, 6) is 1.07. The fourth-order valence-electron chi connectivity index (χ4n) is 4.58. The molecule has 0 bridgehead atoms. The summed E-state index contributed by atoms with van der Waals surface area (Å²) in [6.45, 7) is 3.26. The molecule has 1 amide bonds. The zero-order valence-corrected chi connectivity index (χ0v) is 17.9. The SMILES string of the molecule is CN1CCC2(CC1)Nc1cc3c(cc1N=C2NCc1cccc(Cl)c1)CNC(=O)C3. The minimum atomic E-state index is -0.219. The number of aliphatic imine (C=N–C) groups is 1. The van der Waals surface area contributed by atoms with Crippen molar-refractivity contribution in [3.63, 3.8) is 0 Å². The molecule has 30 heavy (non-hydrogen) atoms. The van der Waals surface area contributed by atoms with E-state index in [1.807, 2.05) is 18.2 Å². The number of fused-ring (bicyclic) bond motifs is 2. The van der Waals surface area contributed by atoms with Crippen LogP contribution in [0.25, 0.3) is 0 Å². The first kappa shape index (κ1) is 19.4. The van der Waals surface area contributed by atoms with Crippen molar-refractivity contribution < 1.29 is 4.79 Å². The zero-order valence-electron chi connectivity index (χ0n) is 17.1. The molecule has 5 rings (SSSR count). The Hall–Kier alpha value is -2.57. The van der Waals surface area contributed by atoms with Gasteiger partial charge in [-0.05, 0) is 60.8 Å². The molecule has 0 radical (unpaired) electrons. The summed E-state index contributed by atoms with van der Waals surface area (Å²) in [7, 11) is 2.16. The average Bonchev–Trinajstić information content (AvgIpc) is 2.73. The highest BCUT2D eigenvalue weighted by atomic mass is 35.5. The molecule has 6 nitrogen and oxygen atoms in total. The van der Waals surface area contributed by atoms with Gasteiger partial charge in [0.15, 0.2) is 0 Å². The van der Waals surface area contributed by atoms with Gasteiger partial charge in [-0.1, -0.05) is 23.7 Å². The lowest BCUT2D eigenvalue weighted by atomic mass is 9.83. The van der Waals surface area contributed by atoms with Crippen LogP contribution in [0.3, 0.4) is 0 Å². The lowest BCUT2D eigenvalue weighted by Gasteiger charge is -2.45. The van der Waals surface area contributed by atoms with Gasteiger partial charge in [0.25, 0.3) is 0 Å². The maximum Gasteiger partial charge on any atom is 0.224 e. The smallest absolute Gasteiger partial charge is 0.224 e. The molecule has 156 valence electrons. The lowest BCUT2D eigenvalue weighted by molar-refractivity contribution is -0.121. The van der Waals surface area contributed by atoms with Crippen LogP contribution >= 0.6 is 11.6 Å². The first-order valence-corrected chi connectivity index (χ1v) is 10.9. The third kappa shape index (κ3) is 3.66. The lowest BCUT2D eigenvalue weighted by Crippen LogP contribution is -2.58. The Morgan fingerprint density at radius 3 is 2.83 bits per heavy atom. The minimum Gasteiger partial charge on any atom is -0.371 e. The second-order valence-corrected chi connectivity index (χ2v) is 8.98. The number of amides is 1. The predicted octanol–water partition coefficient (Wildman–Crippen LogP) is 3.22. The van der Waals surface area contributed by atoms with Gasteiger partial charge in [0.05, 0.1) is 23.3 Å². The highest BCUT2D eigenvalue weighted by Gasteiger charge is 2.41. The summed E-state index contributed by atoms with van der Waals surface area (Å²) in [6.07, 6.45) is 2.38. The van der Waals surface area contributed by atoms with E-state index in [1.54, 1.807) is 0 Å². The molecule has 1 saturated heterocycles. The topological polar surface area (TPSA) is 68.8 Å². The Morgan fingerprint density at radius 2 is 2.03 bits per heavy atom. The van der Waals surface area contributed by atoms with E-state index in [4.69, 9.17) is 16.6 Å². The van der Waals surface area contributed by atoms with Gasteiger partial charge < -0.3 is 20.9 Å². The normalized spacial score (nSPS) is 19.9. The molecule has 0 aliphatic carbocycles. The Morgan fingerprint density at radius 1 is 1.20 bits per heavy atom. The Labute approximate surface area is 181 Å². The molecule has 3 N–H and O–H groups in total. The first-order chi connectivity index (χ1) is 14.5. The monoisotopic (exact) mass is 423 g/mol. The number of anilines is 1. The van der Waals surface area contributed by atoms with Crippen LogP contribution in [0.5, 0.6) is 0 Å². The molecule has 7 heteroatoms. The summed E-state index contributed by atoms with van der Waals surface area (Å²) in [5, 5.41) is 11.1. The van der Waals surface area contributed by atoms with Crippen LogP contribution in [0.1, 0.15) is 29.5 Å². The van der Waals surface area contributed by atoms with E-state index in [9.17, 15) is 4.79 Å². The standard InChI is InChI=1S/C23H26ClN5O/c1-29-7-5-23(6-8-29)22(26-13-15-3-2-4-18(24)9-15)27-19-11-17-14-25-21(30)12-16(17)10-20(19)28-23/h2-4,9-11,28H,5-8,12-14H2,1H3,(H,25,30)(H,26,27). The van der Waals surface area contributed by atoms with Gasteiger partial charge in [-0.2, -0.15) is 0 Å². The van der Waals surface area contributed by atoms with Crippen molar-refractivity contribution in [1.82, 2.24) is 15.5 Å². The van der Waals surface area contributed by atoms with Crippen molar-refractivity contribution in [3.8, 4) is 0 Å². The third-order valence-electron chi connectivity index (χ3n) is 6.39. The maximum atomic E-state index is 11.8. The number of amidine groups is 1. The van der Waals surface area contributed by atoms with Crippen LogP contribution in [0, 0.1) is 0 Å². The Balaban J connectivity index is 1.49. The Bertz CT molecular complexity index is 1030. The maximum absolute atomic E-state index is 11.8. The van der Waals surface area contributed by atoms with E-state index in [0.717, 1.165) is 64.9 Å². The van der Waals surface area contributed by atoms with Crippen LogP contribution in [0.4, 0.5) is 11.4 Å². The molecule has 0 atom stereocenters. The van der Waals surface area contributed by atoms with E-state index in [2.05, 4.69) is 46.1 Å². The molecule has 3 heterocycles. The zero-order chi connectivity index (χ0) is 20.7. The number of benzene rings is 2. The van der Waals surface area contributed by atoms with Gasteiger partial charge in [0.1, 0.15) is 5.84 Å². The number of hydrogen-bond acceptors (Lipinski definition) is 5. The molecule has 0 unspecified atom stereocenters. The summed E-state index contributed by atoms with van der Waals surface area (Å²) in [5.41, 5.74) is 5.12.